The van der Waals surface area contributed by atoms with Crippen molar-refractivity contribution in [1.82, 2.24) is 9.88 Å². The number of hydrogen-bond donors (Lipinski definition) is 1. The van der Waals surface area contributed by atoms with Gasteiger partial charge in [-0.2, -0.15) is 5.26 Å². The van der Waals surface area contributed by atoms with E-state index in [1.807, 2.05) is 24.3 Å². The molecule has 2 N–H and O–H groups in total. The Morgan fingerprint density at radius 3 is 2.54 bits per heavy atom. The molecule has 1 aliphatic rings. The number of aryl methyl sites for hydroxylation is 1. The molecule has 6 nitrogen and oxygen atoms in total. The van der Waals surface area contributed by atoms with Gasteiger partial charge in [0.1, 0.15) is 17.6 Å². The Bertz CT molecular complexity index is 1550. The molecule has 0 aliphatic carbocycles. The lowest BCUT2D eigenvalue weighted by Gasteiger charge is -2.21. The van der Waals surface area contributed by atoms with Crippen molar-refractivity contribution in [1.29, 1.82) is 5.26 Å². The van der Waals surface area contributed by atoms with Crippen molar-refractivity contribution in [3.05, 3.63) is 101 Å². The van der Waals surface area contributed by atoms with Crippen molar-refractivity contribution < 1.29 is 13.6 Å². The van der Waals surface area contributed by atoms with Crippen LogP contribution in [0.5, 0.6) is 0 Å². The Labute approximate surface area is 227 Å². The van der Waals surface area contributed by atoms with Gasteiger partial charge in [-0.15, -0.1) is 6.42 Å². The average molecular weight is 521 g/mol. The number of carbonyl (C=O) groups excluding carboxylic acids is 1. The largest absolute Gasteiger partial charge is 0.440 e. The Balaban J connectivity index is 0.000000438. The number of nitrogens with two attached hydrogens (primary N) is 1. The fraction of sp³-hybridized carbons (Fsp3) is 0.219. The quantitative estimate of drug-likeness (QED) is 0.320. The van der Waals surface area contributed by atoms with Crippen LogP contribution in [0.1, 0.15) is 53.1 Å². The van der Waals surface area contributed by atoms with Crippen molar-refractivity contribution in [3.63, 3.8) is 0 Å². The summed E-state index contributed by atoms with van der Waals surface area (Å²) < 4.78 is 20.1. The van der Waals surface area contributed by atoms with Gasteiger partial charge in [0.25, 0.3) is 5.91 Å². The normalized spacial score (nSPS) is 15.0. The third kappa shape index (κ3) is 6.23. The number of benzene rings is 3. The Morgan fingerprint density at radius 2 is 1.92 bits per heavy atom. The van der Waals surface area contributed by atoms with E-state index in [0.29, 0.717) is 34.6 Å². The van der Waals surface area contributed by atoms with Crippen LogP contribution in [-0.4, -0.2) is 28.4 Å². The fourth-order valence-electron chi connectivity index (χ4n) is 4.42. The summed E-state index contributed by atoms with van der Waals surface area (Å²) in [5.41, 5.74) is 8.84. The van der Waals surface area contributed by atoms with Crippen LogP contribution in [0.3, 0.4) is 0 Å². The van der Waals surface area contributed by atoms with E-state index in [1.165, 1.54) is 23.9 Å². The molecule has 39 heavy (non-hydrogen) atoms. The summed E-state index contributed by atoms with van der Waals surface area (Å²) in [6, 6.07) is 21.0. The number of carbonyl (C=O) groups is 1. The van der Waals surface area contributed by atoms with Crippen LogP contribution in [0, 0.1) is 36.4 Å². The average Bonchev–Trinajstić information content (AvgIpc) is 3.63. The molecule has 1 fully saturated rings. The van der Waals surface area contributed by atoms with Crippen LogP contribution >= 0.6 is 0 Å². The van der Waals surface area contributed by atoms with Gasteiger partial charge in [0.05, 0.1) is 23.8 Å². The topological polar surface area (TPSA) is 96.2 Å². The second kappa shape index (κ2) is 12.2. The van der Waals surface area contributed by atoms with Crippen LogP contribution < -0.4 is 5.73 Å². The molecule has 5 rings (SSSR count). The number of rotatable bonds is 4. The number of terminal acetylenes is 1. The molecular weight excluding hydrogens is 491 g/mol. The lowest BCUT2D eigenvalue weighted by atomic mass is 9.95. The zero-order valence-corrected chi connectivity index (χ0v) is 21.9. The number of hydrogen-bond acceptors (Lipinski definition) is 5. The smallest absolute Gasteiger partial charge is 0.254 e. The summed E-state index contributed by atoms with van der Waals surface area (Å²) in [5, 5.41) is 9.50. The molecule has 196 valence electrons. The highest BCUT2D eigenvalue weighted by Crippen LogP contribution is 2.33. The maximum absolute atomic E-state index is 14.3. The van der Waals surface area contributed by atoms with E-state index >= 15 is 0 Å². The number of nitrogens with zero attached hydrogens (tertiary/aromatic N) is 3. The summed E-state index contributed by atoms with van der Waals surface area (Å²) in [6.07, 6.45) is 8.71. The fourth-order valence-corrected chi connectivity index (χ4v) is 4.42. The maximum Gasteiger partial charge on any atom is 0.254 e. The standard InChI is InChI=1S/C25H21FN4O2.C7H8/c1-3-19-6-5-9-30(19)25(31)18-11-16(20-7-4-8-22(26)21(20)13-27)10-17(12-18)24-29-14-23(32-24)15(2)28;1-7-5-3-2-4-6-7/h1,4,7-8,10-12,14-15,19H,5-6,9,28H2,2H3;2-6H,1H3. The second-order valence-corrected chi connectivity index (χ2v) is 9.41. The molecule has 2 atom stereocenters. The summed E-state index contributed by atoms with van der Waals surface area (Å²) in [6.45, 7) is 4.42. The van der Waals surface area contributed by atoms with Gasteiger partial charge in [0, 0.05) is 23.2 Å². The van der Waals surface area contributed by atoms with Crippen molar-refractivity contribution in [2.24, 2.45) is 5.73 Å². The van der Waals surface area contributed by atoms with Crippen LogP contribution in [0.25, 0.3) is 22.6 Å². The lowest BCUT2D eigenvalue weighted by Crippen LogP contribution is -2.34. The van der Waals surface area contributed by atoms with Gasteiger partial charge in [-0.05, 0) is 56.5 Å². The summed E-state index contributed by atoms with van der Waals surface area (Å²) in [4.78, 5) is 19.3. The number of likely N-dealkylation sites (tertiary alicyclic amines) is 1. The molecule has 2 heterocycles. The SMILES string of the molecule is C#CC1CCCN1C(=O)c1cc(-c2ncc(C(C)N)o2)cc(-c2cccc(F)c2C#N)c1.Cc1ccccc1. The Morgan fingerprint density at radius 1 is 1.18 bits per heavy atom. The second-order valence-electron chi connectivity index (χ2n) is 9.41. The zero-order valence-electron chi connectivity index (χ0n) is 21.9. The molecule has 1 amide bonds. The molecule has 1 aromatic heterocycles. The molecule has 0 radical (unpaired) electrons. The maximum atomic E-state index is 14.3. The van der Waals surface area contributed by atoms with Crippen LogP contribution in [0.15, 0.2) is 77.3 Å². The van der Waals surface area contributed by atoms with Crippen molar-refractivity contribution in [2.75, 3.05) is 6.54 Å². The van der Waals surface area contributed by atoms with Gasteiger partial charge in [-0.1, -0.05) is 53.9 Å². The van der Waals surface area contributed by atoms with Gasteiger partial charge in [-0.25, -0.2) is 9.37 Å². The van der Waals surface area contributed by atoms with Crippen molar-refractivity contribution in [2.45, 2.75) is 38.8 Å². The predicted octanol–water partition coefficient (Wildman–Crippen LogP) is 6.27. The van der Waals surface area contributed by atoms with Crippen molar-refractivity contribution in [3.8, 4) is 41.0 Å². The van der Waals surface area contributed by atoms with E-state index < -0.39 is 5.82 Å². The number of amides is 1. The molecule has 0 spiro atoms. The third-order valence-electron chi connectivity index (χ3n) is 6.48. The van der Waals surface area contributed by atoms with E-state index in [4.69, 9.17) is 16.6 Å². The van der Waals surface area contributed by atoms with Gasteiger partial charge < -0.3 is 15.1 Å². The highest BCUT2D eigenvalue weighted by Gasteiger charge is 2.29. The van der Waals surface area contributed by atoms with Gasteiger partial charge in [-0.3, -0.25) is 4.79 Å². The van der Waals surface area contributed by atoms with E-state index in [1.54, 1.807) is 36.1 Å². The highest BCUT2D eigenvalue weighted by atomic mass is 19.1. The molecule has 4 aromatic rings. The Hall–Kier alpha value is -4.72. The van der Waals surface area contributed by atoms with E-state index in [0.717, 1.165) is 12.8 Å². The Kier molecular flexibility index (Phi) is 8.56. The minimum absolute atomic E-state index is 0.102. The predicted molar refractivity (Wildman–Crippen MR) is 149 cm³/mol. The summed E-state index contributed by atoms with van der Waals surface area (Å²) in [5.74, 6) is 2.57. The van der Waals surface area contributed by atoms with E-state index in [2.05, 4.69) is 30.0 Å². The minimum Gasteiger partial charge on any atom is -0.440 e. The number of nitriles is 1. The summed E-state index contributed by atoms with van der Waals surface area (Å²) in [7, 11) is 0. The first-order valence-electron chi connectivity index (χ1n) is 12.7. The molecule has 7 heteroatoms. The monoisotopic (exact) mass is 520 g/mol. The molecule has 2 unspecified atom stereocenters. The van der Waals surface area contributed by atoms with Gasteiger partial charge in [0.2, 0.25) is 5.89 Å². The first kappa shape index (κ1) is 27.3. The number of halogens is 1. The number of aromatic nitrogens is 1. The lowest BCUT2D eigenvalue weighted by molar-refractivity contribution is 0.0766. The first-order valence-corrected chi connectivity index (χ1v) is 12.7. The summed E-state index contributed by atoms with van der Waals surface area (Å²) >= 11 is 0. The van der Waals surface area contributed by atoms with E-state index in [-0.39, 0.29) is 29.4 Å². The molecule has 0 saturated carbocycles. The van der Waals surface area contributed by atoms with Crippen LogP contribution in [-0.2, 0) is 0 Å². The first-order chi connectivity index (χ1) is 18.8. The number of oxazole rings is 1. The molecular formula is C32H29FN4O2. The molecule has 1 saturated heterocycles. The van der Waals surface area contributed by atoms with E-state index in [9.17, 15) is 14.4 Å². The molecule has 3 aromatic carbocycles. The van der Waals surface area contributed by atoms with Crippen LogP contribution in [0.4, 0.5) is 4.39 Å². The highest BCUT2D eigenvalue weighted by molar-refractivity contribution is 5.97. The molecule has 1 aliphatic heterocycles. The van der Waals surface area contributed by atoms with Crippen molar-refractivity contribution >= 4 is 5.91 Å². The van der Waals surface area contributed by atoms with Gasteiger partial charge in [0.15, 0.2) is 0 Å². The van der Waals surface area contributed by atoms with Crippen LogP contribution in [0.2, 0.25) is 0 Å². The molecule has 0 bridgehead atoms. The zero-order chi connectivity index (χ0) is 27.9. The van der Waals surface area contributed by atoms with Gasteiger partial charge >= 0.3 is 0 Å². The third-order valence-corrected chi connectivity index (χ3v) is 6.48. The minimum atomic E-state index is -0.634.